The summed E-state index contributed by atoms with van der Waals surface area (Å²) in [6.07, 6.45) is 3.68. The molecule has 2 aromatic carbocycles. The SMILES string of the molecule is CN(C)[C@@H](CNC(=O)c1ccc(Cn2cccn2)cc1)c1ccccc1. The molecule has 1 heterocycles. The number of carbonyl (C=O) groups excluding carboxylic acids is 1. The van der Waals surface area contributed by atoms with Crippen LogP contribution in [0.3, 0.4) is 0 Å². The molecule has 1 atom stereocenters. The molecule has 1 N–H and O–H groups in total. The van der Waals surface area contributed by atoms with E-state index in [0.29, 0.717) is 18.7 Å². The quantitative estimate of drug-likeness (QED) is 0.714. The third-order valence-electron chi connectivity index (χ3n) is 4.38. The van der Waals surface area contributed by atoms with Crippen LogP contribution in [0.5, 0.6) is 0 Å². The molecule has 5 nitrogen and oxygen atoms in total. The minimum Gasteiger partial charge on any atom is -0.350 e. The molecule has 0 bridgehead atoms. The lowest BCUT2D eigenvalue weighted by molar-refractivity contribution is 0.0942. The van der Waals surface area contributed by atoms with Crippen LogP contribution < -0.4 is 5.32 Å². The lowest BCUT2D eigenvalue weighted by Crippen LogP contribution is -2.34. The van der Waals surface area contributed by atoms with Crippen LogP contribution in [-0.2, 0) is 6.54 Å². The van der Waals surface area contributed by atoms with Crippen molar-refractivity contribution in [1.29, 1.82) is 0 Å². The molecule has 1 amide bonds. The van der Waals surface area contributed by atoms with Gasteiger partial charge in [-0.2, -0.15) is 5.10 Å². The third kappa shape index (κ3) is 4.58. The topological polar surface area (TPSA) is 50.2 Å². The maximum absolute atomic E-state index is 12.5. The molecule has 134 valence electrons. The van der Waals surface area contributed by atoms with Crippen molar-refractivity contribution in [3.63, 3.8) is 0 Å². The maximum Gasteiger partial charge on any atom is 0.251 e. The largest absolute Gasteiger partial charge is 0.350 e. The van der Waals surface area contributed by atoms with Gasteiger partial charge in [0.2, 0.25) is 0 Å². The number of nitrogens with one attached hydrogen (secondary N) is 1. The van der Waals surface area contributed by atoms with Crippen molar-refractivity contribution in [1.82, 2.24) is 20.0 Å². The standard InChI is InChI=1S/C21H24N4O/c1-24(2)20(18-7-4-3-5-8-18)15-22-21(26)19-11-9-17(10-12-19)16-25-14-6-13-23-25/h3-14,20H,15-16H2,1-2H3,(H,22,26)/t20-/m0/s1. The number of likely N-dealkylation sites (N-methyl/N-ethyl adjacent to an activating group) is 1. The fourth-order valence-electron chi connectivity index (χ4n) is 2.91. The van der Waals surface area contributed by atoms with Gasteiger partial charge >= 0.3 is 0 Å². The highest BCUT2D eigenvalue weighted by Crippen LogP contribution is 2.17. The van der Waals surface area contributed by atoms with Crippen LogP contribution in [-0.4, -0.2) is 41.2 Å². The number of carbonyl (C=O) groups is 1. The number of amides is 1. The summed E-state index contributed by atoms with van der Waals surface area (Å²) in [6.45, 7) is 1.26. The van der Waals surface area contributed by atoms with E-state index < -0.39 is 0 Å². The van der Waals surface area contributed by atoms with Gasteiger partial charge in [-0.1, -0.05) is 42.5 Å². The Hall–Kier alpha value is -2.92. The molecule has 0 saturated carbocycles. The molecule has 3 aromatic rings. The summed E-state index contributed by atoms with van der Waals surface area (Å²) in [5, 5.41) is 7.24. The lowest BCUT2D eigenvalue weighted by atomic mass is 10.1. The number of rotatable bonds is 7. The van der Waals surface area contributed by atoms with E-state index in [1.54, 1.807) is 6.20 Å². The summed E-state index contributed by atoms with van der Waals surface area (Å²) < 4.78 is 1.86. The number of hydrogen-bond acceptors (Lipinski definition) is 3. The smallest absolute Gasteiger partial charge is 0.251 e. The zero-order chi connectivity index (χ0) is 18.4. The van der Waals surface area contributed by atoms with Crippen molar-refractivity contribution in [2.24, 2.45) is 0 Å². The van der Waals surface area contributed by atoms with Crippen LogP contribution in [0.2, 0.25) is 0 Å². The molecule has 0 unspecified atom stereocenters. The minimum absolute atomic E-state index is 0.0570. The lowest BCUT2D eigenvalue weighted by Gasteiger charge is -2.25. The number of aromatic nitrogens is 2. The van der Waals surface area contributed by atoms with E-state index in [2.05, 4.69) is 27.4 Å². The Morgan fingerprint density at radius 2 is 1.81 bits per heavy atom. The van der Waals surface area contributed by atoms with Gasteiger partial charge < -0.3 is 10.2 Å². The van der Waals surface area contributed by atoms with E-state index in [0.717, 1.165) is 5.56 Å². The summed E-state index contributed by atoms with van der Waals surface area (Å²) in [7, 11) is 4.04. The molecule has 0 spiro atoms. The van der Waals surface area contributed by atoms with Crippen LogP contribution in [0.15, 0.2) is 73.1 Å². The van der Waals surface area contributed by atoms with Gasteiger partial charge in [0.05, 0.1) is 12.6 Å². The maximum atomic E-state index is 12.5. The molecule has 0 fully saturated rings. The van der Waals surface area contributed by atoms with Crippen LogP contribution in [0.4, 0.5) is 0 Å². The third-order valence-corrected chi connectivity index (χ3v) is 4.38. The zero-order valence-electron chi connectivity index (χ0n) is 15.2. The fraction of sp³-hybridized carbons (Fsp3) is 0.238. The summed E-state index contributed by atoms with van der Waals surface area (Å²) in [5.74, 6) is -0.0570. The highest BCUT2D eigenvalue weighted by atomic mass is 16.1. The fourth-order valence-corrected chi connectivity index (χ4v) is 2.91. The molecule has 5 heteroatoms. The zero-order valence-corrected chi connectivity index (χ0v) is 15.2. The van der Waals surface area contributed by atoms with Gasteiger partial charge in [0.1, 0.15) is 0 Å². The van der Waals surface area contributed by atoms with Crippen LogP contribution >= 0.6 is 0 Å². The molecule has 1 aromatic heterocycles. The van der Waals surface area contributed by atoms with Crippen molar-refractivity contribution >= 4 is 5.91 Å². The first-order chi connectivity index (χ1) is 12.6. The molecule has 0 radical (unpaired) electrons. The Kier molecular flexibility index (Phi) is 5.81. The molecular formula is C21H24N4O. The second kappa shape index (κ2) is 8.45. The van der Waals surface area contributed by atoms with E-state index in [1.165, 1.54) is 5.56 Å². The van der Waals surface area contributed by atoms with E-state index in [9.17, 15) is 4.79 Å². The predicted molar refractivity (Wildman–Crippen MR) is 103 cm³/mol. The van der Waals surface area contributed by atoms with Crippen molar-refractivity contribution < 1.29 is 4.79 Å². The first-order valence-corrected chi connectivity index (χ1v) is 8.69. The van der Waals surface area contributed by atoms with Crippen molar-refractivity contribution in [2.75, 3.05) is 20.6 Å². The second-order valence-electron chi connectivity index (χ2n) is 6.50. The van der Waals surface area contributed by atoms with Gasteiger partial charge in [-0.15, -0.1) is 0 Å². The van der Waals surface area contributed by atoms with Gasteiger partial charge in [0, 0.05) is 24.5 Å². The Bertz CT molecular complexity index is 811. The van der Waals surface area contributed by atoms with Gasteiger partial charge in [-0.25, -0.2) is 0 Å². The molecule has 3 rings (SSSR count). The van der Waals surface area contributed by atoms with Crippen LogP contribution in [0.1, 0.15) is 27.5 Å². The highest BCUT2D eigenvalue weighted by molar-refractivity contribution is 5.94. The highest BCUT2D eigenvalue weighted by Gasteiger charge is 2.15. The molecule has 0 aliphatic rings. The summed E-state index contributed by atoms with van der Waals surface area (Å²) in [6, 6.07) is 19.9. The number of benzene rings is 2. The van der Waals surface area contributed by atoms with Crippen molar-refractivity contribution in [3.8, 4) is 0 Å². The van der Waals surface area contributed by atoms with Crippen molar-refractivity contribution in [2.45, 2.75) is 12.6 Å². The van der Waals surface area contributed by atoms with E-state index in [-0.39, 0.29) is 11.9 Å². The van der Waals surface area contributed by atoms with Crippen LogP contribution in [0, 0.1) is 0 Å². The van der Waals surface area contributed by atoms with E-state index >= 15 is 0 Å². The average Bonchev–Trinajstić information content (AvgIpc) is 3.16. The molecular weight excluding hydrogens is 324 g/mol. The Labute approximate surface area is 154 Å². The molecule has 0 aliphatic heterocycles. The van der Waals surface area contributed by atoms with Gasteiger partial charge in [0.25, 0.3) is 5.91 Å². The number of nitrogens with zero attached hydrogens (tertiary/aromatic N) is 3. The van der Waals surface area contributed by atoms with Gasteiger partial charge in [-0.05, 0) is 43.4 Å². The minimum atomic E-state index is -0.0570. The first kappa shape index (κ1) is 17.9. The molecule has 26 heavy (non-hydrogen) atoms. The van der Waals surface area contributed by atoms with Crippen molar-refractivity contribution in [3.05, 3.63) is 89.7 Å². The summed E-state index contributed by atoms with van der Waals surface area (Å²) in [4.78, 5) is 14.6. The summed E-state index contributed by atoms with van der Waals surface area (Å²) >= 11 is 0. The van der Waals surface area contributed by atoms with E-state index in [1.807, 2.05) is 73.5 Å². The number of hydrogen-bond donors (Lipinski definition) is 1. The molecule has 0 aliphatic carbocycles. The van der Waals surface area contributed by atoms with E-state index in [4.69, 9.17) is 0 Å². The predicted octanol–water partition coefficient (Wildman–Crippen LogP) is 2.96. The summed E-state index contributed by atoms with van der Waals surface area (Å²) in [5.41, 5.74) is 2.97. The second-order valence-corrected chi connectivity index (χ2v) is 6.50. The first-order valence-electron chi connectivity index (χ1n) is 8.69. The Morgan fingerprint density at radius 3 is 2.42 bits per heavy atom. The normalized spacial score (nSPS) is 12.1. The van der Waals surface area contributed by atoms with Gasteiger partial charge in [-0.3, -0.25) is 9.48 Å². The molecule has 0 saturated heterocycles. The van der Waals surface area contributed by atoms with Crippen LogP contribution in [0.25, 0.3) is 0 Å². The Morgan fingerprint density at radius 1 is 1.08 bits per heavy atom. The average molecular weight is 348 g/mol. The monoisotopic (exact) mass is 348 g/mol. The van der Waals surface area contributed by atoms with Gasteiger partial charge in [0.15, 0.2) is 0 Å². The Balaban J connectivity index is 1.60.